The minimum atomic E-state index is 0.0660. The van der Waals surface area contributed by atoms with Crippen molar-refractivity contribution in [3.8, 4) is 0 Å². The number of hydrogen-bond acceptors (Lipinski definition) is 4. The van der Waals surface area contributed by atoms with Crippen LogP contribution in [0, 0.1) is 0 Å². The molecule has 1 saturated heterocycles. The largest absolute Gasteiger partial charge is 0.362 e. The first kappa shape index (κ1) is 18.7. The number of pyridine rings is 1. The summed E-state index contributed by atoms with van der Waals surface area (Å²) >= 11 is 6.05. The Morgan fingerprint density at radius 2 is 1.92 bits per heavy atom. The van der Waals surface area contributed by atoms with E-state index < -0.39 is 0 Å². The molecule has 26 heavy (non-hydrogen) atoms. The average Bonchev–Trinajstić information content (AvgIpc) is 2.66. The fourth-order valence-electron chi connectivity index (χ4n) is 3.24. The van der Waals surface area contributed by atoms with Gasteiger partial charge >= 0.3 is 0 Å². The summed E-state index contributed by atoms with van der Waals surface area (Å²) < 4.78 is 0. The molecule has 0 unspecified atom stereocenters. The molecule has 0 radical (unpaired) electrons. The number of piperazine rings is 1. The molecule has 1 aliphatic heterocycles. The standard InChI is InChI=1S/C20H25ClN4O/c1-23(2)19-18(7-4-9-22-19)20(26)25-13-11-24(12-14-25)10-8-16-5-3-6-17(21)15-16/h3-7,9,15H,8,10-14H2,1-2H3. The number of rotatable bonds is 5. The maximum atomic E-state index is 12.9. The first-order valence-corrected chi connectivity index (χ1v) is 9.31. The smallest absolute Gasteiger partial charge is 0.257 e. The van der Waals surface area contributed by atoms with Gasteiger partial charge < -0.3 is 9.80 Å². The second-order valence-electron chi connectivity index (χ2n) is 6.78. The van der Waals surface area contributed by atoms with Gasteiger partial charge in [0.2, 0.25) is 0 Å². The van der Waals surface area contributed by atoms with Gasteiger partial charge in [-0.3, -0.25) is 9.69 Å². The summed E-state index contributed by atoms with van der Waals surface area (Å²) in [7, 11) is 3.82. The van der Waals surface area contributed by atoms with Crippen LogP contribution in [-0.2, 0) is 6.42 Å². The van der Waals surface area contributed by atoms with E-state index in [-0.39, 0.29) is 5.91 Å². The number of halogens is 1. The zero-order valence-corrected chi connectivity index (χ0v) is 16.1. The highest BCUT2D eigenvalue weighted by atomic mass is 35.5. The van der Waals surface area contributed by atoms with Crippen LogP contribution in [-0.4, -0.2) is 67.5 Å². The molecule has 0 bridgehead atoms. The van der Waals surface area contributed by atoms with E-state index in [4.69, 9.17) is 11.6 Å². The molecular formula is C20H25ClN4O. The summed E-state index contributed by atoms with van der Waals surface area (Å²) in [4.78, 5) is 23.4. The van der Waals surface area contributed by atoms with E-state index in [9.17, 15) is 4.79 Å². The second kappa shape index (κ2) is 8.52. The average molecular weight is 373 g/mol. The predicted octanol–water partition coefficient (Wildman–Crippen LogP) is 2.80. The molecule has 5 nitrogen and oxygen atoms in total. The molecule has 138 valence electrons. The van der Waals surface area contributed by atoms with Crippen LogP contribution in [0.3, 0.4) is 0 Å². The Morgan fingerprint density at radius 1 is 1.15 bits per heavy atom. The summed E-state index contributed by atoms with van der Waals surface area (Å²) in [5.74, 6) is 0.789. The van der Waals surface area contributed by atoms with E-state index in [1.807, 2.05) is 54.2 Å². The maximum absolute atomic E-state index is 12.9. The minimum absolute atomic E-state index is 0.0660. The van der Waals surface area contributed by atoms with Crippen LogP contribution < -0.4 is 4.90 Å². The van der Waals surface area contributed by atoms with E-state index in [0.717, 1.165) is 50.0 Å². The molecule has 1 fully saturated rings. The third-order valence-corrected chi connectivity index (χ3v) is 4.94. The monoisotopic (exact) mass is 372 g/mol. The van der Waals surface area contributed by atoms with Crippen LogP contribution in [0.1, 0.15) is 15.9 Å². The zero-order chi connectivity index (χ0) is 18.5. The Balaban J connectivity index is 1.54. The van der Waals surface area contributed by atoms with Crippen LogP contribution in [0.15, 0.2) is 42.6 Å². The van der Waals surface area contributed by atoms with Gasteiger partial charge in [-0.25, -0.2) is 4.98 Å². The molecule has 2 aromatic rings. The molecule has 0 aliphatic carbocycles. The second-order valence-corrected chi connectivity index (χ2v) is 7.22. The first-order chi connectivity index (χ1) is 12.5. The first-order valence-electron chi connectivity index (χ1n) is 8.93. The van der Waals surface area contributed by atoms with Gasteiger partial charge in [0.05, 0.1) is 5.56 Å². The van der Waals surface area contributed by atoms with E-state index in [0.29, 0.717) is 5.56 Å². The molecule has 0 N–H and O–H groups in total. The molecular weight excluding hydrogens is 348 g/mol. The third kappa shape index (κ3) is 4.54. The van der Waals surface area contributed by atoms with Crippen molar-refractivity contribution in [3.63, 3.8) is 0 Å². The van der Waals surface area contributed by atoms with Gasteiger partial charge in [0.15, 0.2) is 0 Å². The van der Waals surface area contributed by atoms with Crippen LogP contribution >= 0.6 is 11.6 Å². The minimum Gasteiger partial charge on any atom is -0.362 e. The molecule has 0 atom stereocenters. The van der Waals surface area contributed by atoms with Gasteiger partial charge in [-0.1, -0.05) is 23.7 Å². The lowest BCUT2D eigenvalue weighted by Crippen LogP contribution is -2.49. The predicted molar refractivity (Wildman–Crippen MR) is 106 cm³/mol. The Labute approximate surface area is 160 Å². The van der Waals surface area contributed by atoms with Crippen molar-refractivity contribution in [3.05, 3.63) is 58.7 Å². The molecule has 1 aromatic carbocycles. The molecule has 0 saturated carbocycles. The molecule has 2 heterocycles. The van der Waals surface area contributed by atoms with E-state index in [1.54, 1.807) is 6.20 Å². The molecule has 0 spiro atoms. The van der Waals surface area contributed by atoms with Crippen molar-refractivity contribution in [2.24, 2.45) is 0 Å². The quantitative estimate of drug-likeness (QED) is 0.809. The van der Waals surface area contributed by atoms with E-state index in [2.05, 4.69) is 16.0 Å². The summed E-state index contributed by atoms with van der Waals surface area (Å²) in [5, 5.41) is 0.783. The van der Waals surface area contributed by atoms with Crippen molar-refractivity contribution in [2.45, 2.75) is 6.42 Å². The van der Waals surface area contributed by atoms with Crippen molar-refractivity contribution >= 4 is 23.3 Å². The highest BCUT2D eigenvalue weighted by Crippen LogP contribution is 2.18. The van der Waals surface area contributed by atoms with Crippen LogP contribution in [0.5, 0.6) is 0 Å². The summed E-state index contributed by atoms with van der Waals surface area (Å²) in [6.07, 6.45) is 2.70. The lowest BCUT2D eigenvalue weighted by Gasteiger charge is -2.35. The van der Waals surface area contributed by atoms with Crippen molar-refractivity contribution < 1.29 is 4.79 Å². The van der Waals surface area contributed by atoms with E-state index in [1.165, 1.54) is 5.56 Å². The lowest BCUT2D eigenvalue weighted by molar-refractivity contribution is 0.0639. The Morgan fingerprint density at radius 3 is 2.62 bits per heavy atom. The zero-order valence-electron chi connectivity index (χ0n) is 15.4. The number of hydrogen-bond donors (Lipinski definition) is 0. The highest BCUT2D eigenvalue weighted by Gasteiger charge is 2.24. The van der Waals surface area contributed by atoms with Gasteiger partial charge in [-0.15, -0.1) is 0 Å². The highest BCUT2D eigenvalue weighted by molar-refractivity contribution is 6.30. The van der Waals surface area contributed by atoms with Gasteiger partial charge in [-0.05, 0) is 36.2 Å². The summed E-state index contributed by atoms with van der Waals surface area (Å²) in [6, 6.07) is 11.7. The molecule has 1 amide bonds. The summed E-state index contributed by atoms with van der Waals surface area (Å²) in [5.41, 5.74) is 1.92. The molecule has 6 heteroatoms. The fourth-order valence-corrected chi connectivity index (χ4v) is 3.46. The van der Waals surface area contributed by atoms with Crippen LogP contribution in [0.25, 0.3) is 0 Å². The van der Waals surface area contributed by atoms with Crippen molar-refractivity contribution in [1.82, 2.24) is 14.8 Å². The number of anilines is 1. The third-order valence-electron chi connectivity index (χ3n) is 4.71. The maximum Gasteiger partial charge on any atom is 0.257 e. The topological polar surface area (TPSA) is 39.7 Å². The number of amides is 1. The van der Waals surface area contributed by atoms with Crippen LogP contribution in [0.4, 0.5) is 5.82 Å². The Kier molecular flexibility index (Phi) is 6.12. The number of nitrogens with zero attached hydrogens (tertiary/aromatic N) is 4. The molecule has 3 rings (SSSR count). The van der Waals surface area contributed by atoms with Crippen molar-refractivity contribution in [2.75, 3.05) is 51.7 Å². The lowest BCUT2D eigenvalue weighted by atomic mass is 10.1. The van der Waals surface area contributed by atoms with Gasteiger partial charge in [0, 0.05) is 58.0 Å². The number of benzene rings is 1. The summed E-state index contributed by atoms with van der Waals surface area (Å²) in [6.45, 7) is 4.26. The van der Waals surface area contributed by atoms with E-state index >= 15 is 0 Å². The van der Waals surface area contributed by atoms with Gasteiger partial charge in [-0.2, -0.15) is 0 Å². The van der Waals surface area contributed by atoms with Crippen molar-refractivity contribution in [1.29, 1.82) is 0 Å². The van der Waals surface area contributed by atoms with Gasteiger partial charge in [0.1, 0.15) is 5.82 Å². The number of aromatic nitrogens is 1. The number of carbonyl (C=O) groups excluding carboxylic acids is 1. The fraction of sp³-hybridized carbons (Fsp3) is 0.400. The Bertz CT molecular complexity index is 757. The normalized spacial score (nSPS) is 15.1. The molecule has 1 aliphatic rings. The van der Waals surface area contributed by atoms with Crippen LogP contribution in [0.2, 0.25) is 5.02 Å². The SMILES string of the molecule is CN(C)c1ncccc1C(=O)N1CCN(CCc2cccc(Cl)c2)CC1. The Hall–Kier alpha value is -2.11. The number of carbonyl (C=O) groups is 1. The van der Waals surface area contributed by atoms with Gasteiger partial charge in [0.25, 0.3) is 5.91 Å². The molecule has 1 aromatic heterocycles.